The zero-order valence-corrected chi connectivity index (χ0v) is 14.5. The molecule has 0 aliphatic heterocycles. The van der Waals surface area contributed by atoms with Crippen LogP contribution in [0.2, 0.25) is 0 Å². The van der Waals surface area contributed by atoms with Gasteiger partial charge >= 0.3 is 6.61 Å². The van der Waals surface area contributed by atoms with Crippen LogP contribution < -0.4 is 4.74 Å². The molecule has 0 saturated heterocycles. The van der Waals surface area contributed by atoms with Gasteiger partial charge in [0.2, 0.25) is 0 Å². The van der Waals surface area contributed by atoms with Crippen molar-refractivity contribution >= 4 is 17.3 Å². The van der Waals surface area contributed by atoms with E-state index in [1.165, 1.54) is 24.8 Å². The van der Waals surface area contributed by atoms with Crippen molar-refractivity contribution in [1.29, 1.82) is 0 Å². The molecule has 1 N–H and O–H groups in total. The smallest absolute Gasteiger partial charge is 0.387 e. The molecule has 3 heterocycles. The van der Waals surface area contributed by atoms with E-state index in [-0.39, 0.29) is 27.7 Å². The van der Waals surface area contributed by atoms with E-state index < -0.39 is 29.6 Å². The molecule has 9 heteroatoms. The average molecular weight is 401 g/mol. The van der Waals surface area contributed by atoms with Gasteiger partial charge in [-0.2, -0.15) is 8.78 Å². The number of nitrogens with one attached hydrogen (secondary N) is 1. The summed E-state index contributed by atoms with van der Waals surface area (Å²) >= 11 is 0. The summed E-state index contributed by atoms with van der Waals surface area (Å²) in [5.41, 5.74) is 0.397. The molecule has 29 heavy (non-hydrogen) atoms. The van der Waals surface area contributed by atoms with Gasteiger partial charge in [-0.25, -0.2) is 13.8 Å². The van der Waals surface area contributed by atoms with Crippen molar-refractivity contribution in [2.75, 3.05) is 0 Å². The Morgan fingerprint density at radius 1 is 1.10 bits per heavy atom. The number of aromatic amines is 1. The number of pyridine rings is 2. The Kier molecular flexibility index (Phi) is 4.71. The number of rotatable bonds is 5. The Morgan fingerprint density at radius 3 is 2.62 bits per heavy atom. The molecule has 4 aromatic rings. The van der Waals surface area contributed by atoms with E-state index in [1.54, 1.807) is 12.1 Å². The van der Waals surface area contributed by atoms with Crippen LogP contribution in [0, 0.1) is 11.6 Å². The molecule has 0 bridgehead atoms. The number of aldehydes is 1. The highest BCUT2D eigenvalue weighted by molar-refractivity contribution is 6.09. The number of fused-ring (bicyclic) bond motifs is 1. The maximum absolute atomic E-state index is 15.1. The Labute approximate surface area is 161 Å². The van der Waals surface area contributed by atoms with Crippen molar-refractivity contribution < 1.29 is 27.1 Å². The number of halogens is 4. The highest BCUT2D eigenvalue weighted by Gasteiger charge is 2.25. The minimum Gasteiger partial charge on any atom is -0.432 e. The van der Waals surface area contributed by atoms with E-state index >= 15 is 4.39 Å². The third kappa shape index (κ3) is 3.20. The summed E-state index contributed by atoms with van der Waals surface area (Å²) in [6, 6.07) is 4.86. The van der Waals surface area contributed by atoms with Gasteiger partial charge < -0.3 is 9.72 Å². The van der Waals surface area contributed by atoms with Crippen LogP contribution in [0.15, 0.2) is 49.1 Å². The van der Waals surface area contributed by atoms with Gasteiger partial charge in [0, 0.05) is 52.4 Å². The molecule has 0 unspecified atom stereocenters. The first-order valence-electron chi connectivity index (χ1n) is 8.30. The Balaban J connectivity index is 2.13. The van der Waals surface area contributed by atoms with Crippen LogP contribution >= 0.6 is 0 Å². The number of alkyl halides is 2. The van der Waals surface area contributed by atoms with Crippen molar-refractivity contribution in [2.45, 2.75) is 6.61 Å². The van der Waals surface area contributed by atoms with Crippen molar-refractivity contribution in [1.82, 2.24) is 15.0 Å². The lowest BCUT2D eigenvalue weighted by atomic mass is 9.92. The molecule has 0 aliphatic rings. The van der Waals surface area contributed by atoms with Crippen molar-refractivity contribution in [3.8, 4) is 28.0 Å². The summed E-state index contributed by atoms with van der Waals surface area (Å²) in [5.74, 6) is -3.15. The highest BCUT2D eigenvalue weighted by atomic mass is 19.3. The van der Waals surface area contributed by atoms with E-state index in [1.807, 2.05) is 0 Å². The van der Waals surface area contributed by atoms with Gasteiger partial charge in [-0.05, 0) is 18.2 Å². The number of hydrogen-bond acceptors (Lipinski definition) is 4. The molecule has 0 atom stereocenters. The molecule has 4 rings (SSSR count). The topological polar surface area (TPSA) is 67.9 Å². The van der Waals surface area contributed by atoms with E-state index in [0.717, 1.165) is 12.1 Å². The van der Waals surface area contributed by atoms with E-state index in [4.69, 9.17) is 0 Å². The highest BCUT2D eigenvalue weighted by Crippen LogP contribution is 2.42. The standard InChI is InChI=1S/C20H11F4N3O2/c21-13-3-4-14(29-20(23)24)18(22)17(13)16-12(10-2-1-5-25-6-10)8-27-19-15(16)11(9-28)7-26-19/h1-9,20H,(H,26,27). The molecule has 0 saturated carbocycles. The lowest BCUT2D eigenvalue weighted by molar-refractivity contribution is -0.0521. The first-order chi connectivity index (χ1) is 14.0. The molecule has 1 aromatic carbocycles. The van der Waals surface area contributed by atoms with Gasteiger partial charge in [0.05, 0.1) is 5.56 Å². The van der Waals surface area contributed by atoms with Crippen LogP contribution in [-0.2, 0) is 0 Å². The summed E-state index contributed by atoms with van der Waals surface area (Å²) in [4.78, 5) is 22.5. The first kappa shape index (κ1) is 18.6. The molecular weight excluding hydrogens is 390 g/mol. The van der Waals surface area contributed by atoms with E-state index in [2.05, 4.69) is 19.7 Å². The fraction of sp³-hybridized carbons (Fsp3) is 0.0500. The van der Waals surface area contributed by atoms with Crippen LogP contribution in [0.25, 0.3) is 33.3 Å². The molecule has 146 valence electrons. The number of carbonyl (C=O) groups excluding carboxylic acids is 1. The molecule has 5 nitrogen and oxygen atoms in total. The quantitative estimate of drug-likeness (QED) is 0.378. The number of benzene rings is 1. The van der Waals surface area contributed by atoms with Gasteiger partial charge in [-0.1, -0.05) is 6.07 Å². The fourth-order valence-electron chi connectivity index (χ4n) is 3.16. The average Bonchev–Trinajstić information content (AvgIpc) is 3.14. The minimum atomic E-state index is -3.30. The predicted molar refractivity (Wildman–Crippen MR) is 96.7 cm³/mol. The summed E-state index contributed by atoms with van der Waals surface area (Å²) in [6.07, 6.45) is 6.18. The zero-order valence-electron chi connectivity index (χ0n) is 14.5. The second-order valence-corrected chi connectivity index (χ2v) is 5.99. The number of H-pyrrole nitrogens is 1. The van der Waals surface area contributed by atoms with Gasteiger partial charge in [0.15, 0.2) is 17.9 Å². The summed E-state index contributed by atoms with van der Waals surface area (Å²) in [7, 11) is 0. The summed E-state index contributed by atoms with van der Waals surface area (Å²) < 4.78 is 59.4. The number of nitrogens with zero attached hydrogens (tertiary/aromatic N) is 2. The van der Waals surface area contributed by atoms with E-state index in [0.29, 0.717) is 11.8 Å². The van der Waals surface area contributed by atoms with Crippen molar-refractivity contribution in [3.63, 3.8) is 0 Å². The largest absolute Gasteiger partial charge is 0.432 e. The molecule has 0 aliphatic carbocycles. The lowest BCUT2D eigenvalue weighted by Crippen LogP contribution is -2.06. The summed E-state index contributed by atoms with van der Waals surface area (Å²) in [5, 5.41) is 0.147. The normalized spacial score (nSPS) is 11.2. The summed E-state index contributed by atoms with van der Waals surface area (Å²) in [6.45, 7) is -3.30. The Morgan fingerprint density at radius 2 is 1.93 bits per heavy atom. The lowest BCUT2D eigenvalue weighted by Gasteiger charge is -2.15. The zero-order chi connectivity index (χ0) is 20.5. The van der Waals surface area contributed by atoms with Crippen LogP contribution in [0.5, 0.6) is 5.75 Å². The Bertz CT molecular complexity index is 1210. The van der Waals surface area contributed by atoms with Gasteiger partial charge in [0.1, 0.15) is 11.5 Å². The van der Waals surface area contributed by atoms with E-state index in [9.17, 15) is 18.0 Å². The van der Waals surface area contributed by atoms with Gasteiger partial charge in [-0.15, -0.1) is 0 Å². The maximum Gasteiger partial charge on any atom is 0.387 e. The maximum atomic E-state index is 15.1. The van der Waals surface area contributed by atoms with Crippen molar-refractivity contribution in [2.24, 2.45) is 0 Å². The molecule has 0 fully saturated rings. The first-order valence-corrected chi connectivity index (χ1v) is 8.30. The third-order valence-electron chi connectivity index (χ3n) is 4.35. The monoisotopic (exact) mass is 401 g/mol. The van der Waals surface area contributed by atoms with Crippen LogP contribution in [0.4, 0.5) is 17.6 Å². The minimum absolute atomic E-state index is 0.0268. The predicted octanol–water partition coefficient (Wildman–Crippen LogP) is 4.98. The van der Waals surface area contributed by atoms with Crippen LogP contribution in [0.1, 0.15) is 10.4 Å². The molecule has 0 amide bonds. The number of aromatic nitrogens is 3. The molecule has 0 spiro atoms. The number of hydrogen-bond donors (Lipinski definition) is 1. The van der Waals surface area contributed by atoms with Gasteiger partial charge in [-0.3, -0.25) is 9.78 Å². The fourth-order valence-corrected chi connectivity index (χ4v) is 3.16. The third-order valence-corrected chi connectivity index (χ3v) is 4.35. The Hall–Kier alpha value is -3.75. The number of ether oxygens (including phenoxy) is 1. The second-order valence-electron chi connectivity index (χ2n) is 5.99. The van der Waals surface area contributed by atoms with Crippen LogP contribution in [-0.4, -0.2) is 27.8 Å². The van der Waals surface area contributed by atoms with Gasteiger partial charge in [0.25, 0.3) is 0 Å². The molecule has 3 aromatic heterocycles. The molecular formula is C20H11F4N3O2. The molecule has 0 radical (unpaired) electrons. The van der Waals surface area contributed by atoms with Crippen molar-refractivity contribution in [3.05, 3.63) is 66.3 Å². The second kappa shape index (κ2) is 7.34. The van der Waals surface area contributed by atoms with Crippen LogP contribution in [0.3, 0.4) is 0 Å². The SMILES string of the molecule is O=Cc1c[nH]c2ncc(-c3cccnc3)c(-c3c(F)ccc(OC(F)F)c3F)c12. The number of carbonyl (C=O) groups is 1.